The second-order valence-electron chi connectivity index (χ2n) is 7.17. The molecule has 0 aliphatic carbocycles. The maximum absolute atomic E-state index is 13.0. The molecule has 7 heteroatoms. The fraction of sp³-hybridized carbons (Fsp3) is 0.667. The van der Waals surface area contributed by atoms with Crippen molar-refractivity contribution in [2.45, 2.75) is 31.6 Å². The number of sulfonamides is 1. The molecule has 1 aromatic rings. The molecule has 1 N–H and O–H groups in total. The summed E-state index contributed by atoms with van der Waals surface area (Å²) in [5, 5.41) is 3.40. The number of piperidine rings is 1. The van der Waals surface area contributed by atoms with Crippen molar-refractivity contribution in [2.75, 3.05) is 45.8 Å². The van der Waals surface area contributed by atoms with Gasteiger partial charge in [0.1, 0.15) is 0 Å². The minimum atomic E-state index is -3.38. The minimum Gasteiger partial charge on any atom is -0.317 e. The highest BCUT2D eigenvalue weighted by molar-refractivity contribution is 7.89. The topological polar surface area (TPSA) is 52.7 Å². The Morgan fingerprint density at radius 3 is 2.36 bits per heavy atom. The number of nitrogens with zero attached hydrogens (tertiary/aromatic N) is 2. The van der Waals surface area contributed by atoms with Crippen LogP contribution >= 0.6 is 12.4 Å². The van der Waals surface area contributed by atoms with E-state index in [1.54, 1.807) is 10.4 Å². The highest BCUT2D eigenvalue weighted by Gasteiger charge is 2.30. The lowest BCUT2D eigenvalue weighted by Crippen LogP contribution is -2.50. The number of aryl methyl sites for hydroxylation is 2. The molecule has 2 fully saturated rings. The zero-order valence-electron chi connectivity index (χ0n) is 15.2. The van der Waals surface area contributed by atoms with E-state index in [1.807, 2.05) is 26.0 Å². The zero-order valence-corrected chi connectivity index (χ0v) is 16.8. The summed E-state index contributed by atoms with van der Waals surface area (Å²) < 4.78 is 27.6. The van der Waals surface area contributed by atoms with Gasteiger partial charge in [0.2, 0.25) is 10.0 Å². The van der Waals surface area contributed by atoms with Gasteiger partial charge in [-0.15, -0.1) is 12.4 Å². The molecule has 0 atom stereocenters. The van der Waals surface area contributed by atoms with E-state index in [0.717, 1.165) is 49.8 Å². The van der Waals surface area contributed by atoms with Crippen LogP contribution in [0.3, 0.4) is 0 Å². The molecule has 0 saturated carbocycles. The monoisotopic (exact) mass is 387 g/mol. The third kappa shape index (κ3) is 4.95. The molecule has 2 saturated heterocycles. The van der Waals surface area contributed by atoms with Crippen LogP contribution in [0.5, 0.6) is 0 Å². The molecule has 2 aliphatic rings. The minimum absolute atomic E-state index is 0. The molecule has 0 aromatic heterocycles. The van der Waals surface area contributed by atoms with Crippen molar-refractivity contribution in [2.24, 2.45) is 5.92 Å². The lowest BCUT2D eigenvalue weighted by molar-refractivity contribution is 0.152. The van der Waals surface area contributed by atoms with Crippen LogP contribution in [0.1, 0.15) is 24.0 Å². The first-order valence-corrected chi connectivity index (χ1v) is 10.4. The van der Waals surface area contributed by atoms with E-state index in [9.17, 15) is 8.42 Å². The number of rotatable bonds is 4. The summed E-state index contributed by atoms with van der Waals surface area (Å²) in [6, 6.07) is 5.66. The summed E-state index contributed by atoms with van der Waals surface area (Å²) in [5.41, 5.74) is 1.82. The van der Waals surface area contributed by atoms with E-state index >= 15 is 0 Å². The maximum atomic E-state index is 13.0. The summed E-state index contributed by atoms with van der Waals surface area (Å²) in [6.07, 6.45) is 2.47. The van der Waals surface area contributed by atoms with Crippen molar-refractivity contribution in [3.63, 3.8) is 0 Å². The van der Waals surface area contributed by atoms with Gasteiger partial charge in [0.15, 0.2) is 0 Å². The molecule has 0 bridgehead atoms. The highest BCUT2D eigenvalue weighted by Crippen LogP contribution is 2.23. The SMILES string of the molecule is Cc1ccc(C)c(S(=O)(=O)N2CCN(CC3CCNCC3)CC2)c1.Cl. The lowest BCUT2D eigenvalue weighted by atomic mass is 9.97. The number of benzene rings is 1. The Balaban J connectivity index is 0.00000225. The second-order valence-corrected chi connectivity index (χ2v) is 9.07. The van der Waals surface area contributed by atoms with Crippen LogP contribution in [0.25, 0.3) is 0 Å². The molecule has 5 nitrogen and oxygen atoms in total. The molecule has 25 heavy (non-hydrogen) atoms. The lowest BCUT2D eigenvalue weighted by Gasteiger charge is -2.36. The van der Waals surface area contributed by atoms with E-state index in [2.05, 4.69) is 10.2 Å². The van der Waals surface area contributed by atoms with Crippen molar-refractivity contribution < 1.29 is 8.42 Å². The van der Waals surface area contributed by atoms with E-state index in [1.165, 1.54) is 12.8 Å². The average molecular weight is 388 g/mol. The average Bonchev–Trinajstić information content (AvgIpc) is 2.58. The molecule has 1 aromatic carbocycles. The van der Waals surface area contributed by atoms with Crippen LogP contribution in [0.4, 0.5) is 0 Å². The van der Waals surface area contributed by atoms with Gasteiger partial charge in [0.25, 0.3) is 0 Å². The summed E-state index contributed by atoms with van der Waals surface area (Å²) >= 11 is 0. The van der Waals surface area contributed by atoms with Crippen LogP contribution < -0.4 is 5.32 Å². The summed E-state index contributed by atoms with van der Waals surface area (Å²) in [5.74, 6) is 0.758. The second kappa shape index (κ2) is 8.82. The smallest absolute Gasteiger partial charge is 0.243 e. The maximum Gasteiger partial charge on any atom is 0.243 e. The normalized spacial score (nSPS) is 21.0. The van der Waals surface area contributed by atoms with E-state index in [-0.39, 0.29) is 12.4 Å². The van der Waals surface area contributed by atoms with Crippen molar-refractivity contribution >= 4 is 22.4 Å². The Bertz CT molecular complexity index is 667. The first-order valence-electron chi connectivity index (χ1n) is 8.97. The molecule has 0 amide bonds. The standard InChI is InChI=1S/C18H29N3O2S.ClH/c1-15-3-4-16(2)18(13-15)24(22,23)21-11-9-20(10-12-21)14-17-5-7-19-8-6-17;/h3-4,13,17,19H,5-12,14H2,1-2H3;1H. The van der Waals surface area contributed by atoms with Crippen molar-refractivity contribution in [3.05, 3.63) is 29.3 Å². The zero-order chi connectivity index (χ0) is 17.2. The first kappa shape index (κ1) is 20.6. The third-order valence-corrected chi connectivity index (χ3v) is 7.31. The van der Waals surface area contributed by atoms with Crippen LogP contribution in [0.15, 0.2) is 23.1 Å². The Morgan fingerprint density at radius 2 is 1.72 bits per heavy atom. The number of halogens is 1. The van der Waals surface area contributed by atoms with Crippen molar-refractivity contribution in [3.8, 4) is 0 Å². The fourth-order valence-corrected chi connectivity index (χ4v) is 5.44. The number of hydrogen-bond donors (Lipinski definition) is 1. The molecule has 0 unspecified atom stereocenters. The largest absolute Gasteiger partial charge is 0.317 e. The van der Waals surface area contributed by atoms with Crippen LogP contribution in [-0.2, 0) is 10.0 Å². The van der Waals surface area contributed by atoms with Gasteiger partial charge in [-0.2, -0.15) is 4.31 Å². The van der Waals surface area contributed by atoms with Crippen LogP contribution in [-0.4, -0.2) is 63.4 Å². The Labute approximate surface area is 158 Å². The molecule has 3 rings (SSSR count). The first-order chi connectivity index (χ1) is 11.5. The molecule has 142 valence electrons. The van der Waals surface area contributed by atoms with Gasteiger partial charge in [-0.25, -0.2) is 8.42 Å². The Hall–Kier alpha value is -0.660. The third-order valence-electron chi connectivity index (χ3n) is 5.27. The summed E-state index contributed by atoms with van der Waals surface area (Å²) in [4.78, 5) is 2.90. The molecule has 0 radical (unpaired) electrons. The number of nitrogens with one attached hydrogen (secondary N) is 1. The van der Waals surface area contributed by atoms with Gasteiger partial charge in [-0.05, 0) is 62.9 Å². The molecular weight excluding hydrogens is 358 g/mol. The molecule has 2 aliphatic heterocycles. The highest BCUT2D eigenvalue weighted by atomic mass is 35.5. The van der Waals surface area contributed by atoms with Crippen molar-refractivity contribution in [1.29, 1.82) is 0 Å². The van der Waals surface area contributed by atoms with Crippen molar-refractivity contribution in [1.82, 2.24) is 14.5 Å². The Kier molecular flexibility index (Phi) is 7.29. The van der Waals surface area contributed by atoms with Gasteiger partial charge >= 0.3 is 0 Å². The molecule has 2 heterocycles. The van der Waals surface area contributed by atoms with E-state index < -0.39 is 10.0 Å². The van der Waals surface area contributed by atoms with Gasteiger partial charge in [-0.1, -0.05) is 12.1 Å². The van der Waals surface area contributed by atoms with Gasteiger partial charge in [0.05, 0.1) is 4.90 Å². The predicted octanol–water partition coefficient (Wildman–Crippen LogP) is 2.03. The van der Waals surface area contributed by atoms with Crippen LogP contribution in [0.2, 0.25) is 0 Å². The van der Waals surface area contributed by atoms with Gasteiger partial charge in [-0.3, -0.25) is 0 Å². The summed E-state index contributed by atoms with van der Waals surface area (Å²) in [6.45, 7) is 10.0. The predicted molar refractivity (Wildman–Crippen MR) is 104 cm³/mol. The number of hydrogen-bond acceptors (Lipinski definition) is 4. The number of piperazine rings is 1. The van der Waals surface area contributed by atoms with E-state index in [4.69, 9.17) is 0 Å². The molecule has 0 spiro atoms. The van der Waals surface area contributed by atoms with Gasteiger partial charge in [0, 0.05) is 32.7 Å². The summed E-state index contributed by atoms with van der Waals surface area (Å²) in [7, 11) is -3.38. The van der Waals surface area contributed by atoms with E-state index in [0.29, 0.717) is 18.0 Å². The van der Waals surface area contributed by atoms with Crippen LogP contribution in [0, 0.1) is 19.8 Å². The fourth-order valence-electron chi connectivity index (χ4n) is 3.71. The molecular formula is C18H30ClN3O2S. The quantitative estimate of drug-likeness (QED) is 0.858. The Morgan fingerprint density at radius 1 is 1.08 bits per heavy atom. The van der Waals surface area contributed by atoms with Gasteiger partial charge < -0.3 is 10.2 Å².